The van der Waals surface area contributed by atoms with E-state index in [0.29, 0.717) is 11.3 Å². The Kier molecular flexibility index (Phi) is 3.78. The van der Waals surface area contributed by atoms with Crippen molar-refractivity contribution in [2.75, 3.05) is 0 Å². The lowest BCUT2D eigenvalue weighted by molar-refractivity contribution is 0.219. The van der Waals surface area contributed by atoms with Gasteiger partial charge in [0.15, 0.2) is 0 Å². The molecule has 0 saturated heterocycles. The first-order chi connectivity index (χ1) is 10.0. The molecule has 0 spiro atoms. The highest BCUT2D eigenvalue weighted by Crippen LogP contribution is 2.44. The average molecular weight is 285 g/mol. The summed E-state index contributed by atoms with van der Waals surface area (Å²) >= 11 is 0. The van der Waals surface area contributed by atoms with Gasteiger partial charge in [0, 0.05) is 24.4 Å². The molecule has 3 heteroatoms. The predicted octanol–water partition coefficient (Wildman–Crippen LogP) is 3.75. The van der Waals surface area contributed by atoms with Crippen molar-refractivity contribution < 1.29 is 0 Å². The Bertz CT molecular complexity index is 626. The number of nitrogens with two attached hydrogens (primary N) is 1. The molecule has 0 radical (unpaired) electrons. The average Bonchev–Trinajstić information content (AvgIpc) is 2.99. The molecule has 0 amide bonds. The van der Waals surface area contributed by atoms with Crippen molar-refractivity contribution >= 4 is 10.9 Å². The van der Waals surface area contributed by atoms with Gasteiger partial charge in [-0.05, 0) is 37.2 Å². The second-order valence-corrected chi connectivity index (χ2v) is 7.13. The first kappa shape index (κ1) is 14.6. The molecule has 1 saturated carbocycles. The van der Waals surface area contributed by atoms with E-state index in [-0.39, 0.29) is 6.04 Å². The van der Waals surface area contributed by atoms with Crippen LogP contribution >= 0.6 is 0 Å². The van der Waals surface area contributed by atoms with E-state index in [1.165, 1.54) is 35.9 Å². The van der Waals surface area contributed by atoms with E-state index >= 15 is 0 Å². The lowest BCUT2D eigenvalue weighted by Crippen LogP contribution is -2.38. The molecule has 2 N–H and O–H groups in total. The molecule has 1 fully saturated rings. The van der Waals surface area contributed by atoms with Crippen LogP contribution in [0.2, 0.25) is 0 Å². The van der Waals surface area contributed by atoms with Crippen molar-refractivity contribution in [3.8, 4) is 0 Å². The number of fused-ring (bicyclic) bond motifs is 1. The van der Waals surface area contributed by atoms with Crippen LogP contribution in [0.15, 0.2) is 24.3 Å². The smallest absolute Gasteiger partial charge is 0.0718 e. The fraction of sp³-hybridized carbons (Fsp3) is 0.611. The summed E-state index contributed by atoms with van der Waals surface area (Å²) in [7, 11) is 0. The Labute approximate surface area is 127 Å². The van der Waals surface area contributed by atoms with E-state index in [9.17, 15) is 0 Å². The van der Waals surface area contributed by atoms with Gasteiger partial charge in [0.2, 0.25) is 0 Å². The summed E-state index contributed by atoms with van der Waals surface area (Å²) in [6.45, 7) is 7.79. The molecule has 21 heavy (non-hydrogen) atoms. The third-order valence-corrected chi connectivity index (χ3v) is 5.32. The van der Waals surface area contributed by atoms with Crippen LogP contribution in [-0.2, 0) is 13.0 Å². The minimum absolute atomic E-state index is 0.214. The van der Waals surface area contributed by atoms with E-state index in [1.807, 2.05) is 0 Å². The molecule has 1 aliphatic carbocycles. The van der Waals surface area contributed by atoms with Crippen LogP contribution in [-0.4, -0.2) is 15.8 Å². The van der Waals surface area contributed by atoms with Crippen molar-refractivity contribution in [2.45, 2.75) is 59.0 Å². The van der Waals surface area contributed by atoms with Crippen LogP contribution in [0.5, 0.6) is 0 Å². The highest BCUT2D eigenvalue weighted by atomic mass is 15.3. The van der Waals surface area contributed by atoms with Gasteiger partial charge in [-0.2, -0.15) is 5.10 Å². The molecule has 2 unspecified atom stereocenters. The van der Waals surface area contributed by atoms with E-state index in [2.05, 4.69) is 49.7 Å². The Hall–Kier alpha value is -1.35. The van der Waals surface area contributed by atoms with Crippen molar-refractivity contribution in [2.24, 2.45) is 17.1 Å². The van der Waals surface area contributed by atoms with Crippen molar-refractivity contribution in [1.29, 1.82) is 0 Å². The first-order valence-electron chi connectivity index (χ1n) is 8.23. The van der Waals surface area contributed by atoms with Crippen LogP contribution in [0.4, 0.5) is 0 Å². The normalized spacial score (nSPS) is 22.8. The topological polar surface area (TPSA) is 43.8 Å². The molecule has 3 rings (SSSR count). The van der Waals surface area contributed by atoms with Gasteiger partial charge in [-0.25, -0.2) is 0 Å². The third-order valence-electron chi connectivity index (χ3n) is 5.32. The molecular formula is C18H27N3. The van der Waals surface area contributed by atoms with E-state index in [1.54, 1.807) is 0 Å². The van der Waals surface area contributed by atoms with E-state index in [4.69, 9.17) is 10.8 Å². The van der Waals surface area contributed by atoms with Crippen molar-refractivity contribution in [3.05, 3.63) is 30.0 Å². The van der Waals surface area contributed by atoms with Crippen LogP contribution < -0.4 is 5.73 Å². The number of benzene rings is 1. The number of hydrogen-bond donors (Lipinski definition) is 1. The predicted molar refractivity (Wildman–Crippen MR) is 88.2 cm³/mol. The van der Waals surface area contributed by atoms with Crippen LogP contribution in [0.3, 0.4) is 0 Å². The lowest BCUT2D eigenvalue weighted by atomic mass is 9.76. The molecule has 0 aliphatic heterocycles. The number of rotatable bonds is 4. The molecule has 3 nitrogen and oxygen atoms in total. The lowest BCUT2D eigenvalue weighted by Gasteiger charge is -2.31. The summed E-state index contributed by atoms with van der Waals surface area (Å²) in [6, 6.07) is 8.72. The van der Waals surface area contributed by atoms with Gasteiger partial charge in [-0.3, -0.25) is 4.68 Å². The fourth-order valence-electron chi connectivity index (χ4n) is 4.10. The maximum Gasteiger partial charge on any atom is 0.0718 e. The van der Waals surface area contributed by atoms with Gasteiger partial charge in [-0.1, -0.05) is 38.5 Å². The monoisotopic (exact) mass is 285 g/mol. The molecule has 2 aromatic rings. The van der Waals surface area contributed by atoms with Gasteiger partial charge >= 0.3 is 0 Å². The zero-order chi connectivity index (χ0) is 15.0. The Balaban J connectivity index is 1.88. The van der Waals surface area contributed by atoms with Gasteiger partial charge in [0.1, 0.15) is 0 Å². The van der Waals surface area contributed by atoms with Gasteiger partial charge < -0.3 is 5.73 Å². The second-order valence-electron chi connectivity index (χ2n) is 7.13. The zero-order valence-corrected chi connectivity index (χ0v) is 13.5. The number of hydrogen-bond acceptors (Lipinski definition) is 2. The van der Waals surface area contributed by atoms with Gasteiger partial charge in [-0.15, -0.1) is 0 Å². The summed E-state index contributed by atoms with van der Waals surface area (Å²) < 4.78 is 2.09. The maximum absolute atomic E-state index is 6.58. The van der Waals surface area contributed by atoms with Crippen LogP contribution in [0.25, 0.3) is 10.9 Å². The number of aromatic nitrogens is 2. The Morgan fingerprint density at radius 1 is 1.38 bits per heavy atom. The summed E-state index contributed by atoms with van der Waals surface area (Å²) in [5.41, 5.74) is 9.36. The molecule has 1 heterocycles. The molecular weight excluding hydrogens is 258 g/mol. The van der Waals surface area contributed by atoms with E-state index < -0.39 is 0 Å². The summed E-state index contributed by atoms with van der Waals surface area (Å²) in [4.78, 5) is 0. The summed E-state index contributed by atoms with van der Waals surface area (Å²) in [5, 5.41) is 6.07. The minimum atomic E-state index is 0.214. The quantitative estimate of drug-likeness (QED) is 0.929. The fourth-order valence-corrected chi connectivity index (χ4v) is 4.10. The number of nitrogens with zero attached hydrogens (tertiary/aromatic N) is 2. The third kappa shape index (κ3) is 2.59. The largest absolute Gasteiger partial charge is 0.327 e. The molecule has 1 aliphatic rings. The van der Waals surface area contributed by atoms with Crippen LogP contribution in [0, 0.1) is 11.3 Å². The number of aryl methyl sites for hydroxylation is 1. The van der Waals surface area contributed by atoms with Crippen LogP contribution in [0.1, 0.15) is 45.7 Å². The molecule has 0 bridgehead atoms. The molecule has 1 aromatic carbocycles. The maximum atomic E-state index is 6.58. The van der Waals surface area contributed by atoms with Gasteiger partial charge in [0.25, 0.3) is 0 Å². The first-order valence-corrected chi connectivity index (χ1v) is 8.23. The molecule has 1 aromatic heterocycles. The minimum Gasteiger partial charge on any atom is -0.327 e. The molecule has 2 atom stereocenters. The Morgan fingerprint density at radius 2 is 2.14 bits per heavy atom. The molecule has 114 valence electrons. The highest BCUT2D eigenvalue weighted by molar-refractivity contribution is 5.82. The van der Waals surface area contributed by atoms with Gasteiger partial charge in [0.05, 0.1) is 11.2 Å². The van der Waals surface area contributed by atoms with E-state index in [0.717, 1.165) is 13.0 Å². The zero-order valence-electron chi connectivity index (χ0n) is 13.5. The SMILES string of the molecule is CCn1nc(CC(N)C2CCCC2(C)C)c2ccccc21. The summed E-state index contributed by atoms with van der Waals surface area (Å²) in [5.74, 6) is 0.614. The second kappa shape index (κ2) is 5.45. The number of para-hydroxylation sites is 1. The van der Waals surface area contributed by atoms with Crippen molar-refractivity contribution in [3.63, 3.8) is 0 Å². The summed E-state index contributed by atoms with van der Waals surface area (Å²) in [6.07, 6.45) is 4.77. The Morgan fingerprint density at radius 3 is 2.81 bits per heavy atom. The highest BCUT2D eigenvalue weighted by Gasteiger charge is 2.38. The standard InChI is InChI=1S/C18H27N3/c1-4-21-17-10-6-5-8-13(17)16(20-21)12-15(19)14-9-7-11-18(14,2)3/h5-6,8,10,14-15H,4,7,9,11-12,19H2,1-3H3. The van der Waals surface area contributed by atoms with Crippen molar-refractivity contribution in [1.82, 2.24) is 9.78 Å².